The van der Waals surface area contributed by atoms with Gasteiger partial charge in [-0.15, -0.1) is 10.2 Å². The van der Waals surface area contributed by atoms with E-state index >= 15 is 0 Å². The van der Waals surface area contributed by atoms with Crippen LogP contribution in [0, 0.1) is 20.2 Å². The van der Waals surface area contributed by atoms with Crippen LogP contribution in [-0.2, 0) is 0 Å². The number of nitro groups is 2. The van der Waals surface area contributed by atoms with E-state index < -0.39 is 21.2 Å². The highest BCUT2D eigenvalue weighted by atomic mass is 35.5. The van der Waals surface area contributed by atoms with Crippen molar-refractivity contribution in [3.8, 4) is 0 Å². The summed E-state index contributed by atoms with van der Waals surface area (Å²) in [6, 6.07) is 1.76. The molecule has 0 fully saturated rings. The van der Waals surface area contributed by atoms with Gasteiger partial charge in [-0.3, -0.25) is 24.6 Å². The van der Waals surface area contributed by atoms with Gasteiger partial charge in [0.15, 0.2) is 5.82 Å². The molecule has 14 nitrogen and oxygen atoms in total. The first-order valence-corrected chi connectivity index (χ1v) is 7.05. The summed E-state index contributed by atoms with van der Waals surface area (Å²) < 4.78 is 5.99. The summed E-state index contributed by atoms with van der Waals surface area (Å²) in [5.74, 6) is 0.0181. The topological polar surface area (TPSA) is 180 Å². The number of hydrogen-bond acceptors (Lipinski definition) is 11. The maximum atomic E-state index is 11.3. The Morgan fingerprint density at radius 2 is 1.96 bits per heavy atom. The predicted molar refractivity (Wildman–Crippen MR) is 84.2 cm³/mol. The lowest BCUT2D eigenvalue weighted by Gasteiger charge is -2.08. The largest absolute Gasteiger partial charge is 0.330 e. The van der Waals surface area contributed by atoms with E-state index in [1.54, 1.807) is 0 Å². The van der Waals surface area contributed by atoms with Gasteiger partial charge in [0, 0.05) is 6.07 Å². The lowest BCUT2D eigenvalue weighted by atomic mass is 10.2. The van der Waals surface area contributed by atoms with Gasteiger partial charge in [0.1, 0.15) is 12.0 Å². The van der Waals surface area contributed by atoms with Crippen LogP contribution in [0.15, 0.2) is 23.1 Å². The fourth-order valence-electron chi connectivity index (χ4n) is 2.26. The van der Waals surface area contributed by atoms with Crippen molar-refractivity contribution in [2.75, 3.05) is 5.32 Å². The summed E-state index contributed by atoms with van der Waals surface area (Å²) in [6.07, 6.45) is 1.32. The summed E-state index contributed by atoms with van der Waals surface area (Å²) in [7, 11) is 0. The Morgan fingerprint density at radius 1 is 1.15 bits per heavy atom. The first-order chi connectivity index (χ1) is 12.5. The van der Waals surface area contributed by atoms with Crippen LogP contribution < -0.4 is 5.32 Å². The van der Waals surface area contributed by atoms with Crippen molar-refractivity contribution in [2.24, 2.45) is 0 Å². The van der Waals surface area contributed by atoms with E-state index in [0.29, 0.717) is 0 Å². The summed E-state index contributed by atoms with van der Waals surface area (Å²) in [4.78, 5) is 24.7. The molecule has 3 aromatic heterocycles. The van der Waals surface area contributed by atoms with Crippen molar-refractivity contribution < 1.29 is 14.5 Å². The molecule has 0 spiro atoms. The highest BCUT2D eigenvalue weighted by Gasteiger charge is 2.25. The Labute approximate surface area is 145 Å². The number of anilines is 2. The van der Waals surface area contributed by atoms with E-state index in [1.165, 1.54) is 10.7 Å². The first kappa shape index (κ1) is 15.6. The molecule has 0 radical (unpaired) electrons. The van der Waals surface area contributed by atoms with Gasteiger partial charge in [-0.05, 0) is 10.3 Å². The molecule has 0 saturated carbocycles. The molecule has 0 aliphatic rings. The third-order valence-corrected chi connectivity index (χ3v) is 3.66. The molecule has 0 atom stereocenters. The van der Waals surface area contributed by atoms with Crippen molar-refractivity contribution in [1.29, 1.82) is 0 Å². The molecule has 26 heavy (non-hydrogen) atoms. The number of nitrogens with one attached hydrogen (secondary N) is 1. The average molecular weight is 378 g/mol. The Kier molecular flexibility index (Phi) is 3.33. The van der Waals surface area contributed by atoms with Crippen LogP contribution in [0.5, 0.6) is 0 Å². The van der Waals surface area contributed by atoms with E-state index in [9.17, 15) is 20.2 Å². The quantitative estimate of drug-likeness (QED) is 0.404. The second kappa shape index (κ2) is 5.55. The van der Waals surface area contributed by atoms with Gasteiger partial charge in [-0.2, -0.15) is 0 Å². The minimum atomic E-state index is -0.807. The molecule has 0 aliphatic heterocycles. The summed E-state index contributed by atoms with van der Waals surface area (Å²) in [5.41, 5.74) is -0.848. The van der Waals surface area contributed by atoms with E-state index in [-0.39, 0.29) is 33.5 Å². The second-order valence-electron chi connectivity index (χ2n) is 4.86. The molecular formula is C11H4ClN9O5. The Bertz CT molecular complexity index is 1200. The van der Waals surface area contributed by atoms with Crippen molar-refractivity contribution >= 4 is 51.4 Å². The molecule has 0 aliphatic carbocycles. The van der Waals surface area contributed by atoms with Gasteiger partial charge in [0.2, 0.25) is 16.9 Å². The molecule has 3 heterocycles. The number of fused-ring (bicyclic) bond motifs is 3. The smallest absolute Gasteiger partial charge is 0.301 e. The molecule has 4 rings (SSSR count). The van der Waals surface area contributed by atoms with Gasteiger partial charge in [0.05, 0.1) is 20.9 Å². The summed E-state index contributed by atoms with van der Waals surface area (Å²) in [6.45, 7) is 0. The van der Waals surface area contributed by atoms with Gasteiger partial charge in [-0.1, -0.05) is 11.6 Å². The molecule has 0 saturated heterocycles. The predicted octanol–water partition coefficient (Wildman–Crippen LogP) is 1.87. The number of rotatable bonds is 4. The fourth-order valence-corrected chi connectivity index (χ4v) is 2.52. The van der Waals surface area contributed by atoms with E-state index in [4.69, 9.17) is 11.6 Å². The minimum absolute atomic E-state index is 0.0181. The molecule has 0 unspecified atom stereocenters. The Balaban J connectivity index is 1.92. The van der Waals surface area contributed by atoms with Crippen molar-refractivity contribution in [3.63, 3.8) is 0 Å². The average Bonchev–Trinajstić information content (AvgIpc) is 3.23. The highest BCUT2D eigenvalue weighted by Crippen LogP contribution is 2.38. The minimum Gasteiger partial charge on any atom is -0.330 e. The Hall–Kier alpha value is -3.94. The zero-order chi connectivity index (χ0) is 18.4. The third-order valence-electron chi connectivity index (χ3n) is 3.37. The number of hydrogen-bond donors (Lipinski definition) is 1. The first-order valence-electron chi connectivity index (χ1n) is 6.67. The van der Waals surface area contributed by atoms with Crippen LogP contribution in [0.2, 0.25) is 5.02 Å². The number of aromatic nitrogens is 6. The van der Waals surface area contributed by atoms with Crippen molar-refractivity contribution in [3.05, 3.63) is 43.7 Å². The lowest BCUT2D eigenvalue weighted by molar-refractivity contribution is -0.393. The highest BCUT2D eigenvalue weighted by molar-refractivity contribution is 6.34. The molecule has 0 bridgehead atoms. The van der Waals surface area contributed by atoms with Crippen LogP contribution >= 0.6 is 11.6 Å². The van der Waals surface area contributed by atoms with Crippen LogP contribution in [0.4, 0.5) is 22.9 Å². The van der Waals surface area contributed by atoms with Crippen LogP contribution in [0.1, 0.15) is 0 Å². The monoisotopic (exact) mass is 377 g/mol. The molecule has 15 heteroatoms. The normalized spacial score (nSPS) is 11.1. The SMILES string of the molecule is O=[N+]([O-])c1cc(Cl)c(Nc2nc3nonc3n3cnnc23)c([N+](=O)[O-])c1. The molecule has 4 aromatic rings. The van der Waals surface area contributed by atoms with Crippen molar-refractivity contribution in [2.45, 2.75) is 0 Å². The second-order valence-corrected chi connectivity index (χ2v) is 5.26. The standard InChI is InChI=1S/C11H4ClN9O5/c12-5-1-4(20(22)23)2-6(21(24)25)7(5)14-8-10-16-13-3-19(10)11-9(15-8)17-26-18-11/h1-3H,(H,14,15,17). The van der Waals surface area contributed by atoms with Crippen LogP contribution in [0.25, 0.3) is 16.9 Å². The maximum absolute atomic E-state index is 11.3. The van der Waals surface area contributed by atoms with E-state index in [0.717, 1.165) is 12.1 Å². The fraction of sp³-hybridized carbons (Fsp3) is 0. The van der Waals surface area contributed by atoms with E-state index in [1.807, 2.05) is 0 Å². The molecular weight excluding hydrogens is 374 g/mol. The molecule has 1 N–H and O–H groups in total. The summed E-state index contributed by atoms with van der Waals surface area (Å²) in [5, 5.41) is 39.5. The van der Waals surface area contributed by atoms with Gasteiger partial charge in [-0.25, -0.2) is 9.61 Å². The van der Waals surface area contributed by atoms with Gasteiger partial charge < -0.3 is 5.32 Å². The third kappa shape index (κ3) is 2.32. The zero-order valence-electron chi connectivity index (χ0n) is 12.2. The Morgan fingerprint density at radius 3 is 2.69 bits per heavy atom. The van der Waals surface area contributed by atoms with Gasteiger partial charge in [0.25, 0.3) is 5.69 Å². The maximum Gasteiger partial charge on any atom is 0.301 e. The van der Waals surface area contributed by atoms with E-state index in [2.05, 4.69) is 35.4 Å². The van der Waals surface area contributed by atoms with Gasteiger partial charge >= 0.3 is 5.69 Å². The number of nitrogens with zero attached hydrogens (tertiary/aromatic N) is 8. The zero-order valence-corrected chi connectivity index (χ0v) is 13.0. The molecule has 1 aromatic carbocycles. The number of benzene rings is 1. The number of nitro benzene ring substituents is 2. The van der Waals surface area contributed by atoms with Crippen molar-refractivity contribution in [1.82, 2.24) is 29.9 Å². The number of halogens is 1. The summed E-state index contributed by atoms with van der Waals surface area (Å²) >= 11 is 6.01. The molecule has 0 amide bonds. The van der Waals surface area contributed by atoms with Crippen LogP contribution in [-0.4, -0.2) is 39.7 Å². The number of non-ortho nitro benzene ring substituents is 1. The lowest BCUT2D eigenvalue weighted by Crippen LogP contribution is -2.04. The van der Waals surface area contributed by atoms with Crippen LogP contribution in [0.3, 0.4) is 0 Å². The molecule has 130 valence electrons.